The van der Waals surface area contributed by atoms with Crippen molar-refractivity contribution >= 4 is 15.7 Å². The van der Waals surface area contributed by atoms with Gasteiger partial charge in [-0.2, -0.15) is 0 Å². The lowest BCUT2D eigenvalue weighted by atomic mass is 10.1. The van der Waals surface area contributed by atoms with E-state index >= 15 is 0 Å². The average Bonchev–Trinajstić information content (AvgIpc) is 2.40. The van der Waals surface area contributed by atoms with Crippen molar-refractivity contribution in [3.8, 4) is 0 Å². The molecule has 0 aliphatic rings. The fourth-order valence-electron chi connectivity index (χ4n) is 2.17. The van der Waals surface area contributed by atoms with E-state index in [1.165, 1.54) is 0 Å². The monoisotopic (exact) mass is 305 g/mol. The van der Waals surface area contributed by atoms with Crippen molar-refractivity contribution in [1.82, 2.24) is 0 Å². The summed E-state index contributed by atoms with van der Waals surface area (Å²) in [6.45, 7) is 3.82. The lowest BCUT2D eigenvalue weighted by Gasteiger charge is -2.10. The molecule has 0 atom stereocenters. The van der Waals surface area contributed by atoms with Crippen LogP contribution in [0.3, 0.4) is 0 Å². The number of aliphatic hydroxyl groups is 1. The Labute approximate surface area is 125 Å². The molecule has 0 heterocycles. The molecule has 0 saturated heterocycles. The summed E-state index contributed by atoms with van der Waals surface area (Å²) in [5, 5.41) is 8.86. The quantitative estimate of drug-likeness (QED) is 0.892. The van der Waals surface area contributed by atoms with Crippen LogP contribution in [0.1, 0.15) is 16.7 Å². The largest absolute Gasteiger partial charge is 0.396 e. The number of hydrogen-bond acceptors (Lipinski definition) is 3. The average molecular weight is 305 g/mol. The van der Waals surface area contributed by atoms with E-state index in [0.29, 0.717) is 12.1 Å². The molecule has 0 unspecified atom stereocenters. The lowest BCUT2D eigenvalue weighted by Crippen LogP contribution is -2.13. The van der Waals surface area contributed by atoms with Gasteiger partial charge in [-0.15, -0.1) is 0 Å². The minimum absolute atomic E-state index is 0.0770. The molecule has 2 aromatic carbocycles. The van der Waals surface area contributed by atoms with E-state index in [2.05, 4.69) is 4.72 Å². The van der Waals surface area contributed by atoms with Crippen LogP contribution >= 0.6 is 0 Å². The molecule has 0 fully saturated rings. The second-order valence-electron chi connectivity index (χ2n) is 5.10. The normalized spacial score (nSPS) is 11.4. The van der Waals surface area contributed by atoms with Crippen molar-refractivity contribution in [2.45, 2.75) is 25.2 Å². The van der Waals surface area contributed by atoms with E-state index < -0.39 is 10.0 Å². The van der Waals surface area contributed by atoms with E-state index in [1.54, 1.807) is 36.4 Å². The predicted molar refractivity (Wildman–Crippen MR) is 84.0 cm³/mol. The number of sulfonamides is 1. The van der Waals surface area contributed by atoms with Gasteiger partial charge in [0.2, 0.25) is 0 Å². The Balaban J connectivity index is 2.24. The molecule has 0 radical (unpaired) electrons. The van der Waals surface area contributed by atoms with E-state index in [1.807, 2.05) is 19.9 Å². The molecule has 21 heavy (non-hydrogen) atoms. The van der Waals surface area contributed by atoms with Crippen molar-refractivity contribution in [3.63, 3.8) is 0 Å². The number of nitrogens with one attached hydrogen (secondary N) is 1. The third kappa shape index (κ3) is 4.06. The molecule has 0 aliphatic heterocycles. The Hall–Kier alpha value is -1.85. The minimum atomic E-state index is -3.58. The third-order valence-electron chi connectivity index (χ3n) is 3.11. The maximum Gasteiger partial charge on any atom is 0.261 e. The van der Waals surface area contributed by atoms with Crippen molar-refractivity contribution in [2.75, 3.05) is 11.3 Å². The third-order valence-corrected chi connectivity index (χ3v) is 4.47. The van der Waals surface area contributed by atoms with Crippen LogP contribution < -0.4 is 4.72 Å². The van der Waals surface area contributed by atoms with Gasteiger partial charge in [0.15, 0.2) is 0 Å². The first-order valence-electron chi connectivity index (χ1n) is 6.71. The maximum absolute atomic E-state index is 12.4. The van der Waals surface area contributed by atoms with Gasteiger partial charge >= 0.3 is 0 Å². The van der Waals surface area contributed by atoms with Crippen LogP contribution in [0.5, 0.6) is 0 Å². The lowest BCUT2D eigenvalue weighted by molar-refractivity contribution is 0.299. The Bertz CT molecular complexity index is 701. The fourth-order valence-corrected chi connectivity index (χ4v) is 3.42. The molecule has 0 amide bonds. The summed E-state index contributed by atoms with van der Waals surface area (Å²) in [5.41, 5.74) is 3.30. The molecule has 0 spiro atoms. The number of aryl methyl sites for hydroxylation is 2. The molecule has 2 rings (SSSR count). The Morgan fingerprint density at radius 3 is 2.10 bits per heavy atom. The predicted octanol–water partition coefficient (Wildman–Crippen LogP) is 2.64. The highest BCUT2D eigenvalue weighted by molar-refractivity contribution is 7.92. The Morgan fingerprint density at radius 2 is 1.57 bits per heavy atom. The first-order valence-corrected chi connectivity index (χ1v) is 8.20. The Kier molecular flexibility index (Phi) is 4.65. The van der Waals surface area contributed by atoms with Crippen LogP contribution in [0.15, 0.2) is 47.4 Å². The van der Waals surface area contributed by atoms with Crippen LogP contribution in [0, 0.1) is 13.8 Å². The second kappa shape index (κ2) is 6.28. The first kappa shape index (κ1) is 15.5. The van der Waals surface area contributed by atoms with Gasteiger partial charge in [0, 0.05) is 12.3 Å². The molecule has 2 N–H and O–H groups in total. The number of benzene rings is 2. The molecule has 4 nitrogen and oxygen atoms in total. The summed E-state index contributed by atoms with van der Waals surface area (Å²) < 4.78 is 27.3. The zero-order chi connectivity index (χ0) is 15.5. The fraction of sp³-hybridized carbons (Fsp3) is 0.250. The molecule has 5 heteroatoms. The number of anilines is 1. The minimum Gasteiger partial charge on any atom is -0.396 e. The highest BCUT2D eigenvalue weighted by atomic mass is 32.2. The summed E-state index contributed by atoms with van der Waals surface area (Å²) >= 11 is 0. The van der Waals surface area contributed by atoms with E-state index in [9.17, 15) is 8.42 Å². The maximum atomic E-state index is 12.4. The molecule has 2 aromatic rings. The summed E-state index contributed by atoms with van der Waals surface area (Å²) in [6.07, 6.45) is 0.560. The highest BCUT2D eigenvalue weighted by Gasteiger charge is 2.14. The number of hydrogen-bond donors (Lipinski definition) is 2. The number of aliphatic hydroxyl groups excluding tert-OH is 1. The molecule has 0 saturated carbocycles. The molecule has 0 aromatic heterocycles. The summed E-state index contributed by atoms with van der Waals surface area (Å²) in [4.78, 5) is 0.263. The van der Waals surface area contributed by atoms with Crippen molar-refractivity contribution in [2.24, 2.45) is 0 Å². The summed E-state index contributed by atoms with van der Waals surface area (Å²) in [6, 6.07) is 12.2. The first-order chi connectivity index (χ1) is 9.90. The van der Waals surface area contributed by atoms with Gasteiger partial charge in [0.05, 0.1) is 4.90 Å². The van der Waals surface area contributed by atoms with Gasteiger partial charge in [-0.05, 0) is 61.2 Å². The zero-order valence-corrected chi connectivity index (χ0v) is 12.9. The summed E-state index contributed by atoms with van der Waals surface area (Å²) in [7, 11) is -3.58. The van der Waals surface area contributed by atoms with E-state index in [-0.39, 0.29) is 11.5 Å². The van der Waals surface area contributed by atoms with Crippen LogP contribution in [0.2, 0.25) is 0 Å². The van der Waals surface area contributed by atoms with Crippen LogP contribution in [-0.4, -0.2) is 20.1 Å². The van der Waals surface area contributed by atoms with Crippen molar-refractivity contribution in [3.05, 3.63) is 59.2 Å². The molecule has 112 valence electrons. The molecule has 0 bridgehead atoms. The second-order valence-corrected chi connectivity index (χ2v) is 6.78. The van der Waals surface area contributed by atoms with Gasteiger partial charge in [0.1, 0.15) is 0 Å². The van der Waals surface area contributed by atoms with E-state index in [4.69, 9.17) is 5.11 Å². The van der Waals surface area contributed by atoms with Gasteiger partial charge < -0.3 is 5.11 Å². The van der Waals surface area contributed by atoms with Crippen molar-refractivity contribution in [1.29, 1.82) is 0 Å². The van der Waals surface area contributed by atoms with Gasteiger partial charge in [0.25, 0.3) is 10.0 Å². The van der Waals surface area contributed by atoms with Gasteiger partial charge in [-0.25, -0.2) is 8.42 Å². The van der Waals surface area contributed by atoms with Crippen LogP contribution in [0.25, 0.3) is 0 Å². The molecular weight excluding hydrogens is 286 g/mol. The standard InChI is InChI=1S/C16H19NO3S/c1-12-9-13(2)11-16(10-12)21(19,20)17-15-5-3-14(4-6-15)7-8-18/h3-6,9-11,17-18H,7-8H2,1-2H3. The van der Waals surface area contributed by atoms with Crippen LogP contribution in [-0.2, 0) is 16.4 Å². The topological polar surface area (TPSA) is 66.4 Å². The highest BCUT2D eigenvalue weighted by Crippen LogP contribution is 2.19. The summed E-state index contributed by atoms with van der Waals surface area (Å²) in [5.74, 6) is 0. The Morgan fingerprint density at radius 1 is 1.00 bits per heavy atom. The smallest absolute Gasteiger partial charge is 0.261 e. The molecular formula is C16H19NO3S. The van der Waals surface area contributed by atoms with E-state index in [0.717, 1.165) is 16.7 Å². The molecule has 0 aliphatic carbocycles. The van der Waals surface area contributed by atoms with Crippen molar-refractivity contribution < 1.29 is 13.5 Å². The van der Waals surface area contributed by atoms with Gasteiger partial charge in [-0.1, -0.05) is 18.2 Å². The number of rotatable bonds is 5. The zero-order valence-electron chi connectivity index (χ0n) is 12.1. The SMILES string of the molecule is Cc1cc(C)cc(S(=O)(=O)Nc2ccc(CCO)cc2)c1. The van der Waals surface area contributed by atoms with Crippen LogP contribution in [0.4, 0.5) is 5.69 Å². The van der Waals surface area contributed by atoms with Gasteiger partial charge in [-0.3, -0.25) is 4.72 Å².